The van der Waals surface area contributed by atoms with E-state index in [1.54, 1.807) is 28.9 Å². The molecule has 3 aliphatic rings. The van der Waals surface area contributed by atoms with Gasteiger partial charge in [0.25, 0.3) is 11.8 Å². The van der Waals surface area contributed by atoms with Gasteiger partial charge in [0, 0.05) is 34.9 Å². The van der Waals surface area contributed by atoms with Crippen molar-refractivity contribution in [2.45, 2.75) is 44.2 Å². The van der Waals surface area contributed by atoms with Crippen LogP contribution in [0.3, 0.4) is 0 Å². The fourth-order valence-corrected chi connectivity index (χ4v) is 3.89. The number of hydrogen-bond donors (Lipinski definition) is 4. The van der Waals surface area contributed by atoms with Gasteiger partial charge in [-0.3, -0.25) is 19.7 Å². The number of fused-ring (bicyclic) bond motifs is 1. The Kier molecular flexibility index (Phi) is 4.97. The number of aromatic nitrogens is 3. The number of imide groups is 1. The lowest BCUT2D eigenvalue weighted by atomic mass is 10.1. The number of carbonyl (C=O) groups excluding carboxylic acids is 3. The van der Waals surface area contributed by atoms with E-state index in [4.69, 9.17) is 0 Å². The second kappa shape index (κ2) is 8.19. The van der Waals surface area contributed by atoms with Crippen LogP contribution in [0.1, 0.15) is 48.0 Å². The average molecular weight is 475 g/mol. The fourth-order valence-electron chi connectivity index (χ4n) is 3.89. The molecule has 1 aromatic carbocycles. The number of carbonyl (C=O) groups is 3. The molecule has 6 rings (SSSR count). The Morgan fingerprint density at radius 1 is 1.14 bits per heavy atom. The third-order valence-electron chi connectivity index (χ3n) is 6.06. The first-order valence-corrected chi connectivity index (χ1v) is 11.5. The highest BCUT2D eigenvalue weighted by Crippen LogP contribution is 2.29. The summed E-state index contributed by atoms with van der Waals surface area (Å²) in [4.78, 5) is 40.4. The second-order valence-corrected chi connectivity index (χ2v) is 9.07. The monoisotopic (exact) mass is 475 g/mol. The summed E-state index contributed by atoms with van der Waals surface area (Å²) in [6, 6.07) is 6.50. The van der Waals surface area contributed by atoms with Crippen LogP contribution in [0.5, 0.6) is 0 Å². The number of nitrogens with zero attached hydrogens (tertiary/aromatic N) is 3. The van der Waals surface area contributed by atoms with Crippen molar-refractivity contribution in [2.75, 3.05) is 10.6 Å². The molecule has 35 heavy (non-hydrogen) atoms. The van der Waals surface area contributed by atoms with Gasteiger partial charge in [0.2, 0.25) is 5.91 Å². The maximum absolute atomic E-state index is 14.9. The number of anilines is 3. The van der Waals surface area contributed by atoms with Crippen LogP contribution in [0.25, 0.3) is 11.7 Å². The minimum atomic E-state index is -0.580. The zero-order chi connectivity index (χ0) is 24.1. The summed E-state index contributed by atoms with van der Waals surface area (Å²) < 4.78 is 16.5. The van der Waals surface area contributed by atoms with Gasteiger partial charge in [-0.05, 0) is 50.0 Å². The van der Waals surface area contributed by atoms with Crippen molar-refractivity contribution in [3.63, 3.8) is 0 Å². The van der Waals surface area contributed by atoms with Crippen LogP contribution >= 0.6 is 0 Å². The molecule has 2 aromatic heterocycles. The summed E-state index contributed by atoms with van der Waals surface area (Å²) in [5.74, 6) is -0.635. The first-order chi connectivity index (χ1) is 16.9. The van der Waals surface area contributed by atoms with Crippen molar-refractivity contribution in [3.8, 4) is 0 Å². The van der Waals surface area contributed by atoms with E-state index in [2.05, 4.69) is 31.3 Å². The van der Waals surface area contributed by atoms with E-state index >= 15 is 0 Å². The molecule has 3 amide bonds. The zero-order valence-corrected chi connectivity index (χ0v) is 18.6. The molecule has 10 nitrogen and oxygen atoms in total. The van der Waals surface area contributed by atoms with Crippen molar-refractivity contribution in [1.82, 2.24) is 25.2 Å². The van der Waals surface area contributed by atoms with Gasteiger partial charge >= 0.3 is 0 Å². The van der Waals surface area contributed by atoms with Crippen LogP contribution in [0.4, 0.5) is 21.7 Å². The number of nitrogens with one attached hydrogen (secondary N) is 4. The maximum atomic E-state index is 14.9. The fraction of sp³-hybridized carbons (Fsp3) is 0.292. The predicted octanol–water partition coefficient (Wildman–Crippen LogP) is 2.51. The number of halogens is 1. The highest BCUT2D eigenvalue weighted by molar-refractivity contribution is 6.15. The summed E-state index contributed by atoms with van der Waals surface area (Å²) in [5, 5.41) is 15.9. The molecule has 3 heterocycles. The topological polar surface area (TPSA) is 130 Å². The Bertz CT molecular complexity index is 1420. The van der Waals surface area contributed by atoms with Gasteiger partial charge in [0.1, 0.15) is 17.5 Å². The zero-order valence-electron chi connectivity index (χ0n) is 18.6. The molecular formula is C24H22FN7O3. The first-order valence-electron chi connectivity index (χ1n) is 11.5. The van der Waals surface area contributed by atoms with Gasteiger partial charge in [0.15, 0.2) is 5.65 Å². The normalized spacial score (nSPS) is 18.7. The van der Waals surface area contributed by atoms with Gasteiger partial charge in [-0.25, -0.2) is 9.37 Å². The van der Waals surface area contributed by atoms with Crippen LogP contribution in [0, 0.1) is 5.82 Å². The number of hydrogen-bond acceptors (Lipinski definition) is 7. The van der Waals surface area contributed by atoms with Crippen LogP contribution < -0.4 is 21.3 Å². The maximum Gasteiger partial charge on any atom is 0.254 e. The smallest absolute Gasteiger partial charge is 0.254 e. The predicted molar refractivity (Wildman–Crippen MR) is 126 cm³/mol. The summed E-state index contributed by atoms with van der Waals surface area (Å²) >= 11 is 0. The molecule has 1 saturated heterocycles. The quantitative estimate of drug-likeness (QED) is 0.305. The van der Waals surface area contributed by atoms with Gasteiger partial charge in [-0.15, -0.1) is 0 Å². The molecule has 3 aromatic rings. The van der Waals surface area contributed by atoms with E-state index in [1.807, 2.05) is 0 Å². The lowest BCUT2D eigenvalue weighted by Gasteiger charge is -2.13. The Labute approximate surface area is 199 Å². The SMILES string of the molecule is O=C1C/C(=C\c2cnn3c(NC4CC4)cc(Nc4ccc(C(=O)NC5CC5)cc4F)nc23)C(=O)N1. The number of amides is 3. The standard InChI is InChI=1S/C24H22FN7O3/c25-17-8-12(23(34)28-16-4-5-16)1-6-18(17)29-19-10-20(27-15-2-3-15)32-22(30-19)14(11-26-32)7-13-9-21(33)31-24(13)35/h1,6-8,10-11,15-16,27H,2-5,9H2,(H,28,34)(H,29,30)(H,31,33,35)/b13-7+. The Morgan fingerprint density at radius 3 is 2.63 bits per heavy atom. The molecule has 2 saturated carbocycles. The van der Waals surface area contributed by atoms with Crippen molar-refractivity contribution < 1.29 is 18.8 Å². The van der Waals surface area contributed by atoms with Crippen LogP contribution in [0.2, 0.25) is 0 Å². The summed E-state index contributed by atoms with van der Waals surface area (Å²) in [6.45, 7) is 0. The van der Waals surface area contributed by atoms with Gasteiger partial charge in [0.05, 0.1) is 18.3 Å². The van der Waals surface area contributed by atoms with Gasteiger partial charge in [-0.2, -0.15) is 9.61 Å². The van der Waals surface area contributed by atoms with Crippen molar-refractivity contribution >= 4 is 46.8 Å². The summed E-state index contributed by atoms with van der Waals surface area (Å²) in [5.41, 5.74) is 1.75. The number of benzene rings is 1. The van der Waals surface area contributed by atoms with E-state index in [0.717, 1.165) is 25.7 Å². The average Bonchev–Trinajstić information content (AvgIpc) is 3.74. The number of rotatable bonds is 7. The molecule has 4 N–H and O–H groups in total. The van der Waals surface area contributed by atoms with E-state index in [0.29, 0.717) is 34.5 Å². The summed E-state index contributed by atoms with van der Waals surface area (Å²) in [6.07, 6.45) is 7.13. The van der Waals surface area contributed by atoms with Crippen molar-refractivity contribution in [2.24, 2.45) is 0 Å². The first kappa shape index (κ1) is 21.3. The second-order valence-electron chi connectivity index (χ2n) is 9.07. The van der Waals surface area contributed by atoms with Gasteiger partial charge in [-0.1, -0.05) is 0 Å². The highest BCUT2D eigenvalue weighted by atomic mass is 19.1. The third-order valence-corrected chi connectivity index (χ3v) is 6.06. The van der Waals surface area contributed by atoms with E-state index in [-0.39, 0.29) is 35.5 Å². The minimum Gasteiger partial charge on any atom is -0.367 e. The van der Waals surface area contributed by atoms with Crippen LogP contribution in [-0.2, 0) is 9.59 Å². The Hall–Kier alpha value is -4.28. The Balaban J connectivity index is 1.33. The molecule has 0 unspecified atom stereocenters. The molecule has 3 fully saturated rings. The lowest BCUT2D eigenvalue weighted by molar-refractivity contribution is -0.124. The van der Waals surface area contributed by atoms with Crippen LogP contribution in [0.15, 0.2) is 36.0 Å². The summed E-state index contributed by atoms with van der Waals surface area (Å²) in [7, 11) is 0. The molecule has 178 valence electrons. The van der Waals surface area contributed by atoms with Crippen molar-refractivity contribution in [3.05, 3.63) is 53.0 Å². The molecule has 0 atom stereocenters. The molecule has 2 aliphatic carbocycles. The van der Waals surface area contributed by atoms with Crippen LogP contribution in [-0.4, -0.2) is 44.4 Å². The highest BCUT2D eigenvalue weighted by Gasteiger charge is 2.26. The molecule has 0 radical (unpaired) electrons. The molecule has 0 spiro atoms. The Morgan fingerprint density at radius 2 is 1.94 bits per heavy atom. The van der Waals surface area contributed by atoms with Gasteiger partial charge < -0.3 is 16.0 Å². The third kappa shape index (κ3) is 4.44. The lowest BCUT2D eigenvalue weighted by Crippen LogP contribution is -2.25. The minimum absolute atomic E-state index is 0.00677. The van der Waals surface area contributed by atoms with Crippen molar-refractivity contribution in [1.29, 1.82) is 0 Å². The molecular weight excluding hydrogens is 453 g/mol. The largest absolute Gasteiger partial charge is 0.367 e. The van der Waals surface area contributed by atoms with E-state index < -0.39 is 11.7 Å². The molecule has 11 heteroatoms. The van der Waals surface area contributed by atoms with E-state index in [9.17, 15) is 18.8 Å². The van der Waals surface area contributed by atoms with E-state index in [1.165, 1.54) is 12.1 Å². The molecule has 0 bridgehead atoms. The molecule has 1 aliphatic heterocycles.